The van der Waals surface area contributed by atoms with Gasteiger partial charge in [0.1, 0.15) is 11.4 Å². The van der Waals surface area contributed by atoms with Crippen molar-refractivity contribution in [3.05, 3.63) is 48.7 Å². The molecule has 1 aromatic carbocycles. The van der Waals surface area contributed by atoms with Gasteiger partial charge >= 0.3 is 0 Å². The van der Waals surface area contributed by atoms with E-state index in [1.165, 1.54) is 0 Å². The van der Waals surface area contributed by atoms with Crippen LogP contribution in [0.15, 0.2) is 43.0 Å². The number of fused-ring (bicyclic) bond motifs is 1. The molecule has 0 bridgehead atoms. The van der Waals surface area contributed by atoms with Gasteiger partial charge in [0.25, 0.3) is 5.91 Å². The van der Waals surface area contributed by atoms with Crippen LogP contribution >= 0.6 is 0 Å². The van der Waals surface area contributed by atoms with Gasteiger partial charge in [0.15, 0.2) is 0 Å². The van der Waals surface area contributed by atoms with Crippen molar-refractivity contribution in [3.8, 4) is 5.75 Å². The van der Waals surface area contributed by atoms with Crippen LogP contribution in [-0.4, -0.2) is 45.5 Å². The molecule has 3 heterocycles. The number of carbonyl (C=O) groups is 1. The Morgan fingerprint density at radius 3 is 2.95 bits per heavy atom. The molecule has 3 aromatic rings. The lowest BCUT2D eigenvalue weighted by atomic mass is 10.1. The Labute approximate surface area is 127 Å². The fourth-order valence-electron chi connectivity index (χ4n) is 2.82. The Kier molecular flexibility index (Phi) is 2.89. The second-order valence-electron chi connectivity index (χ2n) is 5.51. The third-order valence-electron chi connectivity index (χ3n) is 4.15. The van der Waals surface area contributed by atoms with Crippen LogP contribution < -0.4 is 4.74 Å². The largest absolute Gasteiger partial charge is 0.497 e. The molecule has 1 N–H and O–H groups in total. The Morgan fingerprint density at radius 2 is 2.23 bits per heavy atom. The number of H-pyrrole nitrogens is 1. The topological polar surface area (TPSA) is 63.2 Å². The molecule has 4 rings (SSSR count). The van der Waals surface area contributed by atoms with E-state index < -0.39 is 0 Å². The molecule has 22 heavy (non-hydrogen) atoms. The average molecular weight is 296 g/mol. The molecule has 1 aliphatic heterocycles. The lowest BCUT2D eigenvalue weighted by Crippen LogP contribution is -2.50. The predicted molar refractivity (Wildman–Crippen MR) is 82.0 cm³/mol. The van der Waals surface area contributed by atoms with Crippen molar-refractivity contribution >= 4 is 16.8 Å². The molecule has 6 nitrogen and oxygen atoms in total. The summed E-state index contributed by atoms with van der Waals surface area (Å²) in [6.45, 7) is 1.43. The second-order valence-corrected chi connectivity index (χ2v) is 5.51. The summed E-state index contributed by atoms with van der Waals surface area (Å²) in [5, 5.41) is 0.981. The molecule has 1 amide bonds. The first kappa shape index (κ1) is 12.9. The van der Waals surface area contributed by atoms with Gasteiger partial charge in [0.05, 0.1) is 19.5 Å². The first-order valence-electron chi connectivity index (χ1n) is 7.18. The summed E-state index contributed by atoms with van der Waals surface area (Å²) < 4.78 is 7.25. The highest BCUT2D eigenvalue weighted by Gasteiger charge is 2.32. The normalized spacial score (nSPS) is 15.0. The average Bonchev–Trinajstić information content (AvgIpc) is 3.13. The molecule has 0 spiro atoms. The minimum Gasteiger partial charge on any atom is -0.497 e. The number of carbonyl (C=O) groups excluding carboxylic acids is 1. The minimum absolute atomic E-state index is 0.0338. The number of benzene rings is 1. The summed E-state index contributed by atoms with van der Waals surface area (Å²) in [7, 11) is 1.64. The van der Waals surface area contributed by atoms with E-state index in [2.05, 4.69) is 9.97 Å². The van der Waals surface area contributed by atoms with Crippen LogP contribution in [0.25, 0.3) is 10.9 Å². The molecule has 2 aromatic heterocycles. The zero-order chi connectivity index (χ0) is 15.1. The number of ether oxygens (including phenoxy) is 1. The highest BCUT2D eigenvalue weighted by atomic mass is 16.5. The van der Waals surface area contributed by atoms with Crippen LogP contribution in [0.5, 0.6) is 5.75 Å². The lowest BCUT2D eigenvalue weighted by molar-refractivity contribution is 0.0515. The molecule has 0 atom stereocenters. The first-order valence-corrected chi connectivity index (χ1v) is 7.18. The summed E-state index contributed by atoms with van der Waals surface area (Å²) >= 11 is 0. The predicted octanol–water partition coefficient (Wildman–Crippen LogP) is 2.07. The maximum absolute atomic E-state index is 12.5. The van der Waals surface area contributed by atoms with Crippen molar-refractivity contribution in [1.82, 2.24) is 19.4 Å². The molecule has 1 saturated heterocycles. The van der Waals surface area contributed by atoms with E-state index in [-0.39, 0.29) is 5.91 Å². The number of hydrogen-bond acceptors (Lipinski definition) is 3. The van der Waals surface area contributed by atoms with Crippen LogP contribution in [0.1, 0.15) is 16.5 Å². The molecule has 112 valence electrons. The fourth-order valence-corrected chi connectivity index (χ4v) is 2.82. The van der Waals surface area contributed by atoms with Gasteiger partial charge in [-0.15, -0.1) is 0 Å². The first-order chi connectivity index (χ1) is 10.7. The summed E-state index contributed by atoms with van der Waals surface area (Å²) in [6, 6.07) is 7.94. The van der Waals surface area contributed by atoms with Crippen molar-refractivity contribution in [1.29, 1.82) is 0 Å². The summed E-state index contributed by atoms with van der Waals surface area (Å²) in [5.41, 5.74) is 1.56. The van der Waals surface area contributed by atoms with Crippen molar-refractivity contribution in [2.75, 3.05) is 20.2 Å². The third kappa shape index (κ3) is 2.04. The molecule has 0 saturated carbocycles. The maximum atomic E-state index is 12.5. The number of rotatable bonds is 3. The fraction of sp³-hybridized carbons (Fsp3) is 0.250. The Hall–Kier alpha value is -2.76. The number of aromatic amines is 1. The smallest absolute Gasteiger partial charge is 0.270 e. The standard InChI is InChI=1S/C16H16N4O2/c1-22-13-2-3-14-11(6-13)7-15(18-14)16(21)20-8-12(9-20)19-5-4-17-10-19/h2-7,10,12,18H,8-9H2,1H3. The van der Waals surface area contributed by atoms with E-state index in [1.54, 1.807) is 19.6 Å². The van der Waals surface area contributed by atoms with Gasteiger partial charge in [-0.3, -0.25) is 4.79 Å². The van der Waals surface area contributed by atoms with Gasteiger partial charge in [0.2, 0.25) is 0 Å². The third-order valence-corrected chi connectivity index (χ3v) is 4.15. The lowest BCUT2D eigenvalue weighted by Gasteiger charge is -2.39. The highest BCUT2D eigenvalue weighted by Crippen LogP contribution is 2.25. The number of likely N-dealkylation sites (tertiary alicyclic amines) is 1. The summed E-state index contributed by atoms with van der Waals surface area (Å²) in [4.78, 5) is 21.6. The minimum atomic E-state index is 0.0338. The number of hydrogen-bond donors (Lipinski definition) is 1. The molecule has 6 heteroatoms. The molecule has 0 radical (unpaired) electrons. The Bertz CT molecular complexity index is 816. The van der Waals surface area contributed by atoms with Crippen molar-refractivity contribution in [2.45, 2.75) is 6.04 Å². The van der Waals surface area contributed by atoms with E-state index in [9.17, 15) is 4.79 Å². The number of nitrogens with one attached hydrogen (secondary N) is 1. The van der Waals surface area contributed by atoms with Crippen molar-refractivity contribution < 1.29 is 9.53 Å². The van der Waals surface area contributed by atoms with Crippen LogP contribution in [0.3, 0.4) is 0 Å². The molecular weight excluding hydrogens is 280 g/mol. The van der Waals surface area contributed by atoms with Gasteiger partial charge < -0.3 is 19.2 Å². The Morgan fingerprint density at radius 1 is 1.36 bits per heavy atom. The monoisotopic (exact) mass is 296 g/mol. The van der Waals surface area contributed by atoms with Crippen molar-refractivity contribution in [2.24, 2.45) is 0 Å². The van der Waals surface area contributed by atoms with Crippen LogP contribution in [0.2, 0.25) is 0 Å². The van der Waals surface area contributed by atoms with Gasteiger partial charge in [-0.25, -0.2) is 4.98 Å². The van der Waals surface area contributed by atoms with Crippen LogP contribution in [0, 0.1) is 0 Å². The summed E-state index contributed by atoms with van der Waals surface area (Å²) in [6.07, 6.45) is 5.49. The number of imidazole rings is 1. The maximum Gasteiger partial charge on any atom is 0.270 e. The van der Waals surface area contributed by atoms with Crippen molar-refractivity contribution in [3.63, 3.8) is 0 Å². The van der Waals surface area contributed by atoms with Crippen LogP contribution in [0.4, 0.5) is 0 Å². The van der Waals surface area contributed by atoms with E-state index in [1.807, 2.05) is 39.9 Å². The zero-order valence-corrected chi connectivity index (χ0v) is 12.2. The summed E-state index contributed by atoms with van der Waals surface area (Å²) in [5.74, 6) is 0.821. The zero-order valence-electron chi connectivity index (χ0n) is 12.2. The highest BCUT2D eigenvalue weighted by molar-refractivity contribution is 5.98. The van der Waals surface area contributed by atoms with Gasteiger partial charge in [-0.1, -0.05) is 0 Å². The van der Waals surface area contributed by atoms with Gasteiger partial charge in [-0.2, -0.15) is 0 Å². The number of amides is 1. The number of methoxy groups -OCH3 is 1. The van der Waals surface area contributed by atoms with Gasteiger partial charge in [0, 0.05) is 36.4 Å². The second kappa shape index (κ2) is 4.91. The molecule has 0 aliphatic carbocycles. The quantitative estimate of drug-likeness (QED) is 0.805. The number of nitrogens with zero attached hydrogens (tertiary/aromatic N) is 3. The van der Waals surface area contributed by atoms with E-state index >= 15 is 0 Å². The molecular formula is C16H16N4O2. The Balaban J connectivity index is 1.51. The number of aromatic nitrogens is 3. The van der Waals surface area contributed by atoms with Crippen LogP contribution in [-0.2, 0) is 0 Å². The van der Waals surface area contributed by atoms with E-state index in [4.69, 9.17) is 4.74 Å². The SMILES string of the molecule is COc1ccc2[nH]c(C(=O)N3CC(n4ccnc4)C3)cc2c1. The molecule has 1 fully saturated rings. The van der Waals surface area contributed by atoms with E-state index in [0.29, 0.717) is 24.8 Å². The van der Waals surface area contributed by atoms with E-state index in [0.717, 1.165) is 16.7 Å². The van der Waals surface area contributed by atoms with Gasteiger partial charge in [-0.05, 0) is 24.3 Å². The molecule has 0 unspecified atom stereocenters. The molecule has 1 aliphatic rings.